The number of carbonyl (C=O) groups is 2. The van der Waals surface area contributed by atoms with E-state index in [1.807, 2.05) is 24.3 Å². The van der Waals surface area contributed by atoms with E-state index in [1.54, 1.807) is 17.0 Å². The van der Waals surface area contributed by atoms with Crippen molar-refractivity contribution >= 4 is 17.5 Å². The molecular formula is C23H28N2O4. The van der Waals surface area contributed by atoms with E-state index in [0.717, 1.165) is 0 Å². The van der Waals surface area contributed by atoms with Gasteiger partial charge in [0.2, 0.25) is 0 Å². The van der Waals surface area contributed by atoms with E-state index in [9.17, 15) is 14.7 Å². The standard InChI is InChI=1S/C23H28N2O4/c1-16(2)15-29-21-6-4-3-5-20(21)24-23(28)25-13-11-18(12-14-25)22(27)17-7-9-19(26)10-8-17/h3-10,16,18,26H,11-15H2,1-2H3,(H,24,28). The number of phenols is 1. The highest BCUT2D eigenvalue weighted by Crippen LogP contribution is 2.27. The molecule has 2 aromatic rings. The van der Waals surface area contributed by atoms with Crippen LogP contribution in [0.4, 0.5) is 10.5 Å². The van der Waals surface area contributed by atoms with Crippen LogP contribution >= 0.6 is 0 Å². The molecule has 6 nitrogen and oxygen atoms in total. The third kappa shape index (κ3) is 5.50. The van der Waals surface area contributed by atoms with Gasteiger partial charge >= 0.3 is 6.03 Å². The van der Waals surface area contributed by atoms with E-state index >= 15 is 0 Å². The number of aromatic hydroxyl groups is 1. The van der Waals surface area contributed by atoms with Gasteiger partial charge in [-0.15, -0.1) is 0 Å². The first kappa shape index (κ1) is 20.7. The van der Waals surface area contributed by atoms with Crippen molar-refractivity contribution < 1.29 is 19.4 Å². The molecule has 1 aliphatic rings. The zero-order chi connectivity index (χ0) is 20.8. The summed E-state index contributed by atoms with van der Waals surface area (Å²) in [6.45, 7) is 5.78. The molecule has 1 heterocycles. The third-order valence-corrected chi connectivity index (χ3v) is 5.01. The van der Waals surface area contributed by atoms with Crippen molar-refractivity contribution in [1.82, 2.24) is 4.90 Å². The largest absolute Gasteiger partial charge is 0.508 e. The van der Waals surface area contributed by atoms with Crippen LogP contribution in [0.5, 0.6) is 11.5 Å². The number of phenolic OH excluding ortho intramolecular Hbond substituents is 1. The number of anilines is 1. The van der Waals surface area contributed by atoms with Gasteiger partial charge in [-0.3, -0.25) is 4.79 Å². The number of nitrogens with zero attached hydrogens (tertiary/aromatic N) is 1. The highest BCUT2D eigenvalue weighted by atomic mass is 16.5. The Labute approximate surface area is 171 Å². The van der Waals surface area contributed by atoms with Crippen LogP contribution in [0, 0.1) is 11.8 Å². The van der Waals surface area contributed by atoms with Gasteiger partial charge in [0, 0.05) is 24.6 Å². The Morgan fingerprint density at radius 2 is 1.76 bits per heavy atom. The fraction of sp³-hybridized carbons (Fsp3) is 0.391. The Kier molecular flexibility index (Phi) is 6.75. The van der Waals surface area contributed by atoms with E-state index < -0.39 is 0 Å². The first-order valence-electron chi connectivity index (χ1n) is 10.0. The molecule has 2 N–H and O–H groups in total. The van der Waals surface area contributed by atoms with Gasteiger partial charge in [0.1, 0.15) is 11.5 Å². The first-order valence-corrected chi connectivity index (χ1v) is 10.0. The number of likely N-dealkylation sites (tertiary alicyclic amines) is 1. The number of Topliss-reactive ketones (excluding diaryl/α,β-unsaturated/α-hetero) is 1. The van der Waals surface area contributed by atoms with Crippen LogP contribution < -0.4 is 10.1 Å². The van der Waals surface area contributed by atoms with Gasteiger partial charge in [-0.1, -0.05) is 26.0 Å². The second-order valence-electron chi connectivity index (χ2n) is 7.80. The van der Waals surface area contributed by atoms with Crippen LogP contribution in [0.2, 0.25) is 0 Å². The lowest BCUT2D eigenvalue weighted by Gasteiger charge is -2.31. The molecule has 0 bridgehead atoms. The summed E-state index contributed by atoms with van der Waals surface area (Å²) >= 11 is 0. The number of rotatable bonds is 6. The van der Waals surface area contributed by atoms with Crippen LogP contribution in [0.15, 0.2) is 48.5 Å². The quantitative estimate of drug-likeness (QED) is 0.702. The molecule has 0 atom stereocenters. The van der Waals surface area contributed by atoms with Crippen LogP contribution in [-0.4, -0.2) is 41.5 Å². The molecule has 0 aliphatic carbocycles. The van der Waals surface area contributed by atoms with Gasteiger partial charge in [-0.05, 0) is 55.2 Å². The summed E-state index contributed by atoms with van der Waals surface area (Å²) in [5.41, 5.74) is 1.25. The molecule has 1 aliphatic heterocycles. The first-order chi connectivity index (χ1) is 13.9. The van der Waals surface area contributed by atoms with Crippen molar-refractivity contribution in [2.45, 2.75) is 26.7 Å². The SMILES string of the molecule is CC(C)COc1ccccc1NC(=O)N1CCC(C(=O)c2ccc(O)cc2)CC1. The minimum Gasteiger partial charge on any atom is -0.508 e. The summed E-state index contributed by atoms with van der Waals surface area (Å²) in [4.78, 5) is 27.1. The fourth-order valence-electron chi connectivity index (χ4n) is 3.35. The van der Waals surface area contributed by atoms with Gasteiger partial charge in [-0.25, -0.2) is 4.79 Å². The number of hydrogen-bond donors (Lipinski definition) is 2. The van der Waals surface area contributed by atoms with Crippen LogP contribution in [-0.2, 0) is 0 Å². The summed E-state index contributed by atoms with van der Waals surface area (Å²) in [5.74, 6) is 1.16. The maximum Gasteiger partial charge on any atom is 0.321 e. The number of piperidine rings is 1. The van der Waals surface area contributed by atoms with E-state index in [0.29, 0.717) is 55.5 Å². The third-order valence-electron chi connectivity index (χ3n) is 5.01. The second-order valence-corrected chi connectivity index (χ2v) is 7.80. The number of urea groups is 1. The highest BCUT2D eigenvalue weighted by molar-refractivity contribution is 5.98. The van der Waals surface area contributed by atoms with Crippen LogP contribution in [0.3, 0.4) is 0 Å². The summed E-state index contributed by atoms with van der Waals surface area (Å²) in [7, 11) is 0. The predicted molar refractivity (Wildman–Crippen MR) is 113 cm³/mol. The van der Waals surface area contributed by atoms with E-state index in [1.165, 1.54) is 12.1 Å². The lowest BCUT2D eigenvalue weighted by atomic mass is 9.89. The number of carbonyl (C=O) groups excluding carboxylic acids is 2. The lowest BCUT2D eigenvalue weighted by molar-refractivity contribution is 0.0859. The molecule has 1 fully saturated rings. The molecule has 154 valence electrons. The Morgan fingerprint density at radius 1 is 1.10 bits per heavy atom. The van der Waals surface area contributed by atoms with Gasteiger partial charge in [-0.2, -0.15) is 0 Å². The van der Waals surface area contributed by atoms with Crippen LogP contribution in [0.1, 0.15) is 37.0 Å². The van der Waals surface area contributed by atoms with Gasteiger partial charge in [0.05, 0.1) is 12.3 Å². The van der Waals surface area contributed by atoms with Crippen molar-refractivity contribution in [3.05, 3.63) is 54.1 Å². The molecule has 6 heteroatoms. The van der Waals surface area contributed by atoms with Crippen molar-refractivity contribution in [3.63, 3.8) is 0 Å². The number of benzene rings is 2. The van der Waals surface area contributed by atoms with E-state index in [2.05, 4.69) is 19.2 Å². The molecule has 3 rings (SSSR count). The predicted octanol–water partition coefficient (Wildman–Crippen LogP) is 4.55. The molecule has 0 spiro atoms. The van der Waals surface area contributed by atoms with Crippen molar-refractivity contribution in [2.75, 3.05) is 25.0 Å². The van der Waals surface area contributed by atoms with Crippen molar-refractivity contribution in [3.8, 4) is 11.5 Å². The van der Waals surface area contributed by atoms with E-state index in [-0.39, 0.29) is 23.5 Å². The Hall–Kier alpha value is -3.02. The Bertz CT molecular complexity index is 840. The van der Waals surface area contributed by atoms with E-state index in [4.69, 9.17) is 4.74 Å². The summed E-state index contributed by atoms with van der Waals surface area (Å²) in [5, 5.41) is 12.3. The number of nitrogens with one attached hydrogen (secondary N) is 1. The van der Waals surface area contributed by atoms with Gasteiger partial charge in [0.25, 0.3) is 0 Å². The van der Waals surface area contributed by atoms with Crippen LogP contribution in [0.25, 0.3) is 0 Å². The smallest absolute Gasteiger partial charge is 0.321 e. The topological polar surface area (TPSA) is 78.9 Å². The number of amides is 2. The summed E-state index contributed by atoms with van der Waals surface area (Å²) < 4.78 is 5.80. The summed E-state index contributed by atoms with van der Waals surface area (Å²) in [6, 6.07) is 13.6. The number of ether oxygens (including phenoxy) is 1. The fourth-order valence-corrected chi connectivity index (χ4v) is 3.35. The molecule has 1 saturated heterocycles. The lowest BCUT2D eigenvalue weighted by Crippen LogP contribution is -2.42. The van der Waals surface area contributed by atoms with Crippen molar-refractivity contribution in [2.24, 2.45) is 11.8 Å². The molecule has 2 amide bonds. The average molecular weight is 396 g/mol. The molecular weight excluding hydrogens is 368 g/mol. The molecule has 0 radical (unpaired) electrons. The number of para-hydroxylation sites is 2. The zero-order valence-electron chi connectivity index (χ0n) is 16.9. The molecule has 0 unspecified atom stereocenters. The molecule has 29 heavy (non-hydrogen) atoms. The molecule has 0 saturated carbocycles. The minimum atomic E-state index is -0.180. The number of ketones is 1. The average Bonchev–Trinajstić information content (AvgIpc) is 2.73. The number of hydrogen-bond acceptors (Lipinski definition) is 4. The monoisotopic (exact) mass is 396 g/mol. The molecule has 2 aromatic carbocycles. The zero-order valence-corrected chi connectivity index (χ0v) is 16.9. The highest BCUT2D eigenvalue weighted by Gasteiger charge is 2.28. The van der Waals surface area contributed by atoms with Gasteiger partial charge < -0.3 is 20.1 Å². The summed E-state index contributed by atoms with van der Waals surface area (Å²) in [6.07, 6.45) is 1.25. The normalized spacial score (nSPS) is 14.7. The second kappa shape index (κ2) is 9.45. The van der Waals surface area contributed by atoms with Gasteiger partial charge in [0.15, 0.2) is 5.78 Å². The minimum absolute atomic E-state index is 0.0671. The maximum atomic E-state index is 12.7. The maximum absolute atomic E-state index is 12.7. The molecule has 0 aromatic heterocycles. The Morgan fingerprint density at radius 3 is 2.41 bits per heavy atom. The Balaban J connectivity index is 1.55. The van der Waals surface area contributed by atoms with Crippen molar-refractivity contribution in [1.29, 1.82) is 0 Å².